The van der Waals surface area contributed by atoms with Crippen molar-refractivity contribution >= 4 is 11.8 Å². The number of likely N-dealkylation sites (tertiary alicyclic amines) is 1. The molecule has 2 amide bonds. The standard InChI is InChI=1S/C19H26N2O4/c1-2-24-15-5-3-14(4-6-15)18(23)21-11-9-19(10-12-21)8-7-16(19)25-13-17(20)22/h3-6,16H,2,7-13H2,1H3,(H2,20,22). The molecule has 25 heavy (non-hydrogen) atoms. The fourth-order valence-electron chi connectivity index (χ4n) is 3.88. The molecular formula is C19H26N2O4. The second-order valence-corrected chi connectivity index (χ2v) is 6.92. The van der Waals surface area contributed by atoms with E-state index in [4.69, 9.17) is 15.2 Å². The smallest absolute Gasteiger partial charge is 0.253 e. The van der Waals surface area contributed by atoms with Crippen LogP contribution in [0.2, 0.25) is 0 Å². The molecule has 3 rings (SSSR count). The lowest BCUT2D eigenvalue weighted by atomic mass is 9.60. The first-order valence-corrected chi connectivity index (χ1v) is 8.96. The van der Waals surface area contributed by atoms with Crippen molar-refractivity contribution in [1.29, 1.82) is 0 Å². The minimum absolute atomic E-state index is 0.0127. The van der Waals surface area contributed by atoms with Crippen molar-refractivity contribution in [3.8, 4) is 5.75 Å². The van der Waals surface area contributed by atoms with Gasteiger partial charge >= 0.3 is 0 Å². The molecule has 1 aliphatic heterocycles. The van der Waals surface area contributed by atoms with Crippen LogP contribution in [0.5, 0.6) is 5.75 Å². The van der Waals surface area contributed by atoms with Gasteiger partial charge in [-0.2, -0.15) is 0 Å². The normalized spacial score (nSPS) is 21.6. The lowest BCUT2D eigenvalue weighted by Gasteiger charge is -2.53. The maximum atomic E-state index is 12.7. The average Bonchev–Trinajstić information content (AvgIpc) is 2.61. The maximum Gasteiger partial charge on any atom is 0.253 e. The van der Waals surface area contributed by atoms with Crippen LogP contribution in [-0.4, -0.2) is 49.1 Å². The van der Waals surface area contributed by atoms with Crippen LogP contribution in [-0.2, 0) is 9.53 Å². The lowest BCUT2D eigenvalue weighted by Crippen LogP contribution is -2.54. The molecule has 0 aromatic heterocycles. The first-order chi connectivity index (χ1) is 12.0. The van der Waals surface area contributed by atoms with Gasteiger partial charge in [-0.05, 0) is 56.9 Å². The Morgan fingerprint density at radius 2 is 1.88 bits per heavy atom. The van der Waals surface area contributed by atoms with Gasteiger partial charge in [0.25, 0.3) is 5.91 Å². The molecule has 1 unspecified atom stereocenters. The number of rotatable bonds is 6. The Kier molecular flexibility index (Phi) is 5.27. The molecule has 1 aromatic carbocycles. The van der Waals surface area contributed by atoms with Gasteiger partial charge in [0.1, 0.15) is 12.4 Å². The van der Waals surface area contributed by atoms with Crippen LogP contribution in [0.15, 0.2) is 24.3 Å². The Morgan fingerprint density at radius 3 is 2.40 bits per heavy atom. The number of amides is 2. The number of benzene rings is 1. The van der Waals surface area contributed by atoms with Crippen molar-refractivity contribution in [1.82, 2.24) is 4.90 Å². The van der Waals surface area contributed by atoms with E-state index in [0.29, 0.717) is 12.2 Å². The quantitative estimate of drug-likeness (QED) is 0.854. The van der Waals surface area contributed by atoms with Gasteiger partial charge in [-0.15, -0.1) is 0 Å². The fourth-order valence-corrected chi connectivity index (χ4v) is 3.88. The highest BCUT2D eigenvalue weighted by Gasteiger charge is 2.49. The number of nitrogens with two attached hydrogens (primary N) is 1. The van der Waals surface area contributed by atoms with Crippen molar-refractivity contribution in [2.75, 3.05) is 26.3 Å². The molecule has 136 valence electrons. The van der Waals surface area contributed by atoms with Crippen molar-refractivity contribution in [3.63, 3.8) is 0 Å². The first-order valence-electron chi connectivity index (χ1n) is 8.96. The molecule has 0 radical (unpaired) electrons. The third kappa shape index (κ3) is 3.79. The number of carbonyl (C=O) groups excluding carboxylic acids is 2. The number of ether oxygens (including phenoxy) is 2. The fraction of sp³-hybridized carbons (Fsp3) is 0.579. The molecule has 1 aliphatic carbocycles. The van der Waals surface area contributed by atoms with Crippen molar-refractivity contribution in [2.45, 2.75) is 38.7 Å². The van der Waals surface area contributed by atoms with Gasteiger partial charge in [-0.25, -0.2) is 0 Å². The summed E-state index contributed by atoms with van der Waals surface area (Å²) in [6.07, 6.45) is 4.00. The van der Waals surface area contributed by atoms with Gasteiger partial charge in [-0.3, -0.25) is 9.59 Å². The van der Waals surface area contributed by atoms with Gasteiger partial charge < -0.3 is 20.1 Å². The Balaban J connectivity index is 1.55. The summed E-state index contributed by atoms with van der Waals surface area (Å²) in [5, 5.41) is 0. The number of primary amides is 1. The average molecular weight is 346 g/mol. The van der Waals surface area contributed by atoms with E-state index in [9.17, 15) is 9.59 Å². The molecule has 1 saturated carbocycles. The van der Waals surface area contributed by atoms with E-state index >= 15 is 0 Å². The highest BCUT2D eigenvalue weighted by atomic mass is 16.5. The summed E-state index contributed by atoms with van der Waals surface area (Å²) in [6, 6.07) is 7.31. The predicted molar refractivity (Wildman–Crippen MR) is 93.3 cm³/mol. The highest BCUT2D eigenvalue weighted by molar-refractivity contribution is 5.94. The molecule has 1 atom stereocenters. The molecule has 6 heteroatoms. The summed E-state index contributed by atoms with van der Waals surface area (Å²) in [6.45, 7) is 3.98. The molecule has 2 N–H and O–H groups in total. The van der Waals surface area contributed by atoms with Crippen molar-refractivity contribution in [3.05, 3.63) is 29.8 Å². The highest BCUT2D eigenvalue weighted by Crippen LogP contribution is 2.50. The molecule has 1 heterocycles. The zero-order valence-electron chi connectivity index (χ0n) is 14.7. The van der Waals surface area contributed by atoms with Crippen molar-refractivity contribution in [2.24, 2.45) is 11.1 Å². The molecule has 2 aliphatic rings. The first kappa shape index (κ1) is 17.7. The number of hydrogen-bond donors (Lipinski definition) is 1. The van der Waals surface area contributed by atoms with Crippen LogP contribution in [0.4, 0.5) is 0 Å². The SMILES string of the molecule is CCOc1ccc(C(=O)N2CCC3(CCC3OCC(N)=O)CC2)cc1. The van der Waals surface area contributed by atoms with E-state index in [-0.39, 0.29) is 24.0 Å². The summed E-state index contributed by atoms with van der Waals surface area (Å²) in [7, 11) is 0. The maximum absolute atomic E-state index is 12.7. The van der Waals surface area contributed by atoms with Crippen LogP contribution < -0.4 is 10.5 Å². The largest absolute Gasteiger partial charge is 0.494 e. The monoisotopic (exact) mass is 346 g/mol. The Morgan fingerprint density at radius 1 is 1.20 bits per heavy atom. The van der Waals surface area contributed by atoms with Gasteiger partial charge in [0.15, 0.2) is 0 Å². The summed E-state index contributed by atoms with van der Waals surface area (Å²) < 4.78 is 11.1. The van der Waals surface area contributed by atoms with E-state index in [0.717, 1.165) is 44.5 Å². The Bertz CT molecular complexity index is 621. The molecule has 2 fully saturated rings. The third-order valence-corrected chi connectivity index (χ3v) is 5.47. The molecule has 1 aromatic rings. The summed E-state index contributed by atoms with van der Waals surface area (Å²) in [5.41, 5.74) is 5.97. The number of nitrogens with zero attached hydrogens (tertiary/aromatic N) is 1. The molecule has 0 bridgehead atoms. The zero-order chi connectivity index (χ0) is 17.9. The van der Waals surface area contributed by atoms with E-state index < -0.39 is 5.91 Å². The predicted octanol–water partition coefficient (Wildman–Crippen LogP) is 1.97. The van der Waals surface area contributed by atoms with E-state index in [1.54, 1.807) is 0 Å². The van der Waals surface area contributed by atoms with Crippen LogP contribution >= 0.6 is 0 Å². The van der Waals surface area contributed by atoms with E-state index in [2.05, 4.69) is 0 Å². The lowest BCUT2D eigenvalue weighted by molar-refractivity contribution is -0.148. The van der Waals surface area contributed by atoms with E-state index in [1.807, 2.05) is 36.1 Å². The zero-order valence-corrected chi connectivity index (χ0v) is 14.7. The number of piperidine rings is 1. The number of hydrogen-bond acceptors (Lipinski definition) is 4. The van der Waals surface area contributed by atoms with E-state index in [1.165, 1.54) is 0 Å². The second kappa shape index (κ2) is 7.44. The molecule has 1 spiro atoms. The van der Waals surface area contributed by atoms with Crippen LogP contribution in [0.25, 0.3) is 0 Å². The molecular weight excluding hydrogens is 320 g/mol. The third-order valence-electron chi connectivity index (χ3n) is 5.47. The molecule has 6 nitrogen and oxygen atoms in total. The number of carbonyl (C=O) groups is 2. The van der Waals surface area contributed by atoms with Gasteiger partial charge in [0.05, 0.1) is 12.7 Å². The van der Waals surface area contributed by atoms with Crippen LogP contribution in [0.1, 0.15) is 43.0 Å². The van der Waals surface area contributed by atoms with Gasteiger partial charge in [0.2, 0.25) is 5.91 Å². The minimum Gasteiger partial charge on any atom is -0.494 e. The minimum atomic E-state index is -0.426. The summed E-state index contributed by atoms with van der Waals surface area (Å²) >= 11 is 0. The summed E-state index contributed by atoms with van der Waals surface area (Å²) in [4.78, 5) is 25.5. The second-order valence-electron chi connectivity index (χ2n) is 6.92. The topological polar surface area (TPSA) is 81.9 Å². The van der Waals surface area contributed by atoms with Crippen LogP contribution in [0, 0.1) is 5.41 Å². The molecule has 1 saturated heterocycles. The summed E-state index contributed by atoms with van der Waals surface area (Å²) in [5.74, 6) is 0.414. The van der Waals surface area contributed by atoms with Crippen LogP contribution in [0.3, 0.4) is 0 Å². The Labute approximate surface area is 148 Å². The van der Waals surface area contributed by atoms with Gasteiger partial charge in [-0.1, -0.05) is 0 Å². The van der Waals surface area contributed by atoms with Gasteiger partial charge in [0, 0.05) is 24.1 Å². The van der Waals surface area contributed by atoms with Crippen molar-refractivity contribution < 1.29 is 19.1 Å². The Hall–Kier alpha value is -2.08.